The molecule has 0 amide bonds. The van der Waals surface area contributed by atoms with Crippen LogP contribution in [-0.4, -0.2) is 50.0 Å². The number of ether oxygens (including phenoxy) is 1. The highest BCUT2D eigenvalue weighted by Crippen LogP contribution is 2.28. The number of aryl methyl sites for hydroxylation is 1. The lowest BCUT2D eigenvalue weighted by Gasteiger charge is -2.20. The first kappa shape index (κ1) is 23.7. The van der Waals surface area contributed by atoms with E-state index in [1.54, 1.807) is 12.1 Å². The summed E-state index contributed by atoms with van der Waals surface area (Å²) in [5.74, 6) is 0.588. The Bertz CT molecular complexity index is 1100. The van der Waals surface area contributed by atoms with Crippen molar-refractivity contribution in [1.82, 2.24) is 13.5 Å². The minimum Gasteiger partial charge on any atom is -0.494 e. The van der Waals surface area contributed by atoms with E-state index in [1.807, 2.05) is 0 Å². The summed E-state index contributed by atoms with van der Waals surface area (Å²) in [6, 6.07) is 6.11. The molecule has 0 aliphatic carbocycles. The highest BCUT2D eigenvalue weighted by Gasteiger charge is 2.34. The zero-order valence-electron chi connectivity index (χ0n) is 18.4. The molecule has 1 aliphatic rings. The molecule has 8 nitrogen and oxygen atoms in total. The fourth-order valence-corrected chi connectivity index (χ4v) is 7.06. The van der Waals surface area contributed by atoms with Gasteiger partial charge in [-0.15, -0.1) is 0 Å². The quantitative estimate of drug-likeness (QED) is 0.549. The van der Waals surface area contributed by atoms with Crippen molar-refractivity contribution in [2.24, 2.45) is 0 Å². The lowest BCUT2D eigenvalue weighted by Crippen LogP contribution is -2.32. The lowest BCUT2D eigenvalue weighted by molar-refractivity contribution is 0.309. The molecule has 1 aromatic heterocycles. The van der Waals surface area contributed by atoms with E-state index in [-0.39, 0.29) is 21.2 Å². The third-order valence-corrected chi connectivity index (χ3v) is 9.29. The largest absolute Gasteiger partial charge is 0.494 e. The Morgan fingerprint density at radius 3 is 2.13 bits per heavy atom. The number of sulfonamides is 1. The maximum absolute atomic E-state index is 13.3. The van der Waals surface area contributed by atoms with Gasteiger partial charge in [0.05, 0.1) is 22.9 Å². The van der Waals surface area contributed by atoms with Gasteiger partial charge < -0.3 is 4.74 Å². The van der Waals surface area contributed by atoms with Gasteiger partial charge in [-0.05, 0) is 57.4 Å². The van der Waals surface area contributed by atoms with Gasteiger partial charge in [0, 0.05) is 13.1 Å². The van der Waals surface area contributed by atoms with Gasteiger partial charge in [-0.25, -0.2) is 8.42 Å². The van der Waals surface area contributed by atoms with Crippen LogP contribution in [0.25, 0.3) is 0 Å². The van der Waals surface area contributed by atoms with Gasteiger partial charge >= 0.3 is 0 Å². The predicted molar refractivity (Wildman–Crippen MR) is 118 cm³/mol. The standard InChI is InChI=1S/C21H31N3O5S2/c1-4-5-16-29-19-10-12-20(13-11-19)30(25,26)24-18(3)21(17(2)22-24)31(27,28)23-14-8-6-7-9-15-23/h10-13H,4-9,14-16H2,1-3H3. The second-order valence-corrected chi connectivity index (χ2v) is 11.5. The highest BCUT2D eigenvalue weighted by atomic mass is 32.2. The number of benzene rings is 1. The van der Waals surface area contributed by atoms with Crippen molar-refractivity contribution in [3.63, 3.8) is 0 Å². The molecule has 2 heterocycles. The van der Waals surface area contributed by atoms with Crippen molar-refractivity contribution in [3.8, 4) is 5.75 Å². The zero-order valence-corrected chi connectivity index (χ0v) is 20.0. The molecule has 172 valence electrons. The fraction of sp³-hybridized carbons (Fsp3) is 0.571. The molecular formula is C21H31N3O5S2. The maximum Gasteiger partial charge on any atom is 0.283 e. The van der Waals surface area contributed by atoms with Crippen molar-refractivity contribution in [1.29, 1.82) is 0 Å². The first-order valence-electron chi connectivity index (χ1n) is 10.7. The van der Waals surface area contributed by atoms with Gasteiger partial charge in [-0.2, -0.15) is 21.9 Å². The van der Waals surface area contributed by atoms with Crippen LogP contribution in [0, 0.1) is 13.8 Å². The number of hydrogen-bond acceptors (Lipinski definition) is 6. The lowest BCUT2D eigenvalue weighted by atomic mass is 10.2. The minimum absolute atomic E-state index is 0.0162. The summed E-state index contributed by atoms with van der Waals surface area (Å²) in [6.45, 7) is 6.54. The van der Waals surface area contributed by atoms with Gasteiger partial charge in [0.25, 0.3) is 10.0 Å². The topological polar surface area (TPSA) is 98.6 Å². The van der Waals surface area contributed by atoms with Crippen LogP contribution in [0.3, 0.4) is 0 Å². The van der Waals surface area contributed by atoms with E-state index in [2.05, 4.69) is 12.0 Å². The Balaban J connectivity index is 1.93. The van der Waals surface area contributed by atoms with Gasteiger partial charge in [0.1, 0.15) is 10.6 Å². The van der Waals surface area contributed by atoms with E-state index < -0.39 is 20.0 Å². The van der Waals surface area contributed by atoms with Gasteiger partial charge in [-0.1, -0.05) is 26.2 Å². The summed E-state index contributed by atoms with van der Waals surface area (Å²) in [7, 11) is -7.87. The van der Waals surface area contributed by atoms with Crippen molar-refractivity contribution < 1.29 is 21.6 Å². The van der Waals surface area contributed by atoms with Crippen LogP contribution in [0.1, 0.15) is 56.8 Å². The van der Waals surface area contributed by atoms with Gasteiger partial charge in [-0.3, -0.25) is 0 Å². The van der Waals surface area contributed by atoms with Crippen LogP contribution in [0.2, 0.25) is 0 Å². The second kappa shape index (κ2) is 9.70. The molecule has 10 heteroatoms. The molecule has 0 radical (unpaired) electrons. The van der Waals surface area contributed by atoms with Crippen molar-refractivity contribution >= 4 is 20.0 Å². The van der Waals surface area contributed by atoms with Crippen LogP contribution in [0.5, 0.6) is 5.75 Å². The summed E-state index contributed by atoms with van der Waals surface area (Å²) < 4.78 is 60.9. The minimum atomic E-state index is -4.04. The third kappa shape index (κ3) is 4.96. The number of hydrogen-bond donors (Lipinski definition) is 0. The maximum atomic E-state index is 13.3. The second-order valence-electron chi connectivity index (χ2n) is 7.84. The Kier molecular flexibility index (Phi) is 7.43. The zero-order chi connectivity index (χ0) is 22.6. The molecule has 1 aliphatic heterocycles. The number of rotatable bonds is 8. The Labute approximate surface area is 185 Å². The van der Waals surface area contributed by atoms with E-state index in [9.17, 15) is 16.8 Å². The van der Waals surface area contributed by atoms with Crippen molar-refractivity contribution in [2.45, 2.75) is 69.1 Å². The van der Waals surface area contributed by atoms with Crippen LogP contribution in [-0.2, 0) is 20.0 Å². The summed E-state index contributed by atoms with van der Waals surface area (Å²) in [5.41, 5.74) is 0.287. The van der Waals surface area contributed by atoms with Crippen LogP contribution >= 0.6 is 0 Å². The van der Waals surface area contributed by atoms with E-state index in [1.165, 1.54) is 30.3 Å². The SMILES string of the molecule is CCCCOc1ccc(S(=O)(=O)n2nc(C)c(S(=O)(=O)N3CCCCCC3)c2C)cc1. The number of aromatic nitrogens is 2. The Hall–Kier alpha value is -1.91. The number of unbranched alkanes of at least 4 members (excludes halogenated alkanes) is 1. The van der Waals surface area contributed by atoms with E-state index in [0.29, 0.717) is 25.4 Å². The Morgan fingerprint density at radius 1 is 0.935 bits per heavy atom. The summed E-state index contributed by atoms with van der Waals surface area (Å²) in [6.07, 6.45) is 5.52. The molecule has 0 bridgehead atoms. The fourth-order valence-electron chi connectivity index (χ4n) is 3.77. The molecule has 1 saturated heterocycles. The van der Waals surface area contributed by atoms with Crippen molar-refractivity contribution in [2.75, 3.05) is 19.7 Å². The van der Waals surface area contributed by atoms with Gasteiger partial charge in [0.2, 0.25) is 10.0 Å². The average Bonchev–Trinajstić information content (AvgIpc) is 2.90. The van der Waals surface area contributed by atoms with E-state index >= 15 is 0 Å². The van der Waals surface area contributed by atoms with E-state index in [0.717, 1.165) is 42.6 Å². The molecule has 1 fully saturated rings. The summed E-state index contributed by atoms with van der Waals surface area (Å²) in [5, 5.41) is 4.12. The molecule has 1 aromatic carbocycles. The monoisotopic (exact) mass is 469 g/mol. The molecule has 0 spiro atoms. The van der Waals surface area contributed by atoms with Crippen LogP contribution < -0.4 is 4.74 Å². The van der Waals surface area contributed by atoms with Crippen molar-refractivity contribution in [3.05, 3.63) is 35.7 Å². The molecule has 0 N–H and O–H groups in total. The molecule has 31 heavy (non-hydrogen) atoms. The predicted octanol–water partition coefficient (Wildman–Crippen LogP) is 3.48. The molecular weight excluding hydrogens is 438 g/mol. The first-order chi connectivity index (χ1) is 14.7. The average molecular weight is 470 g/mol. The normalized spacial score (nSPS) is 16.2. The Morgan fingerprint density at radius 2 is 1.55 bits per heavy atom. The van der Waals surface area contributed by atoms with Crippen LogP contribution in [0.4, 0.5) is 0 Å². The summed E-state index contributed by atoms with van der Waals surface area (Å²) in [4.78, 5) is 0.0113. The van der Waals surface area contributed by atoms with Gasteiger partial charge in [0.15, 0.2) is 0 Å². The molecule has 3 rings (SSSR count). The number of nitrogens with zero attached hydrogens (tertiary/aromatic N) is 3. The van der Waals surface area contributed by atoms with E-state index in [4.69, 9.17) is 4.74 Å². The first-order valence-corrected chi connectivity index (χ1v) is 13.6. The van der Waals surface area contributed by atoms with Crippen LogP contribution in [0.15, 0.2) is 34.1 Å². The molecule has 0 unspecified atom stereocenters. The molecule has 0 atom stereocenters. The molecule has 2 aromatic rings. The third-order valence-electron chi connectivity index (χ3n) is 5.46. The highest BCUT2D eigenvalue weighted by molar-refractivity contribution is 7.90. The smallest absolute Gasteiger partial charge is 0.283 e. The summed E-state index contributed by atoms with van der Waals surface area (Å²) >= 11 is 0. The molecule has 0 saturated carbocycles.